The van der Waals surface area contributed by atoms with Gasteiger partial charge in [0.15, 0.2) is 0 Å². The van der Waals surface area contributed by atoms with Crippen molar-refractivity contribution in [2.75, 3.05) is 0 Å². The number of ether oxygens (including phenoxy) is 1. The number of aryl methyl sites for hydroxylation is 1. The Balaban J connectivity index is 2.33. The van der Waals surface area contributed by atoms with Crippen molar-refractivity contribution in [1.29, 1.82) is 0 Å². The Morgan fingerprint density at radius 1 is 1.10 bits per heavy atom. The summed E-state index contributed by atoms with van der Waals surface area (Å²) in [5, 5.41) is 1.06. The molecule has 2 unspecified atom stereocenters. The van der Waals surface area contributed by atoms with Crippen molar-refractivity contribution in [2.45, 2.75) is 26.0 Å². The zero-order chi connectivity index (χ0) is 14.7. The smallest absolute Gasteiger partial charge is 0.139 e. The molecule has 2 rings (SSSR count). The summed E-state index contributed by atoms with van der Waals surface area (Å²) < 4.78 is 6.01. The lowest BCUT2D eigenvalue weighted by atomic mass is 9.99. The third-order valence-corrected chi connectivity index (χ3v) is 3.65. The summed E-state index contributed by atoms with van der Waals surface area (Å²) in [4.78, 5) is 0. The summed E-state index contributed by atoms with van der Waals surface area (Å²) >= 11 is 12.0. The van der Waals surface area contributed by atoms with Gasteiger partial charge in [0.1, 0.15) is 11.9 Å². The molecular formula is C16H17Cl2NO. The molecule has 0 spiro atoms. The van der Waals surface area contributed by atoms with Gasteiger partial charge < -0.3 is 10.5 Å². The largest absolute Gasteiger partial charge is 0.483 e. The molecule has 0 aliphatic heterocycles. The van der Waals surface area contributed by atoms with Gasteiger partial charge in [0.25, 0.3) is 0 Å². The Morgan fingerprint density at radius 3 is 2.40 bits per heavy atom. The highest BCUT2D eigenvalue weighted by Crippen LogP contribution is 2.33. The van der Waals surface area contributed by atoms with E-state index in [1.165, 1.54) is 0 Å². The Labute approximate surface area is 129 Å². The average Bonchev–Trinajstić information content (AvgIpc) is 2.39. The monoisotopic (exact) mass is 309 g/mol. The molecule has 2 aromatic rings. The van der Waals surface area contributed by atoms with E-state index in [1.807, 2.05) is 38.1 Å². The van der Waals surface area contributed by atoms with Crippen molar-refractivity contribution in [3.63, 3.8) is 0 Å². The molecule has 0 fully saturated rings. The highest BCUT2D eigenvalue weighted by molar-refractivity contribution is 6.35. The van der Waals surface area contributed by atoms with Crippen LogP contribution in [0.15, 0.2) is 42.5 Å². The second-order valence-electron chi connectivity index (χ2n) is 4.83. The number of hydrogen-bond donors (Lipinski definition) is 1. The van der Waals surface area contributed by atoms with E-state index in [2.05, 4.69) is 0 Å². The molecule has 0 radical (unpaired) electrons. The molecule has 106 valence electrons. The van der Waals surface area contributed by atoms with Gasteiger partial charge in [-0.3, -0.25) is 0 Å². The normalized spacial score (nSPS) is 13.8. The first kappa shape index (κ1) is 15.2. The number of nitrogens with two attached hydrogens (primary N) is 1. The Morgan fingerprint density at radius 2 is 1.80 bits per heavy atom. The second kappa shape index (κ2) is 6.49. The van der Waals surface area contributed by atoms with Crippen LogP contribution in [-0.4, -0.2) is 6.04 Å². The first-order valence-corrected chi connectivity index (χ1v) is 7.17. The minimum atomic E-state index is -0.255. The fourth-order valence-corrected chi connectivity index (χ4v) is 2.52. The molecule has 0 aliphatic rings. The van der Waals surface area contributed by atoms with Crippen LogP contribution in [0.2, 0.25) is 10.0 Å². The van der Waals surface area contributed by atoms with E-state index in [4.69, 9.17) is 33.7 Å². The number of benzene rings is 2. The molecule has 0 aromatic heterocycles. The minimum absolute atomic E-state index is 0.164. The predicted octanol–water partition coefficient (Wildman–Crippen LogP) is 4.77. The maximum Gasteiger partial charge on any atom is 0.139 e. The van der Waals surface area contributed by atoms with Crippen LogP contribution in [0.25, 0.3) is 0 Å². The van der Waals surface area contributed by atoms with Gasteiger partial charge in [-0.15, -0.1) is 0 Å². The third kappa shape index (κ3) is 3.45. The lowest BCUT2D eigenvalue weighted by Gasteiger charge is -2.25. The highest BCUT2D eigenvalue weighted by atomic mass is 35.5. The zero-order valence-corrected chi connectivity index (χ0v) is 12.9. The van der Waals surface area contributed by atoms with Crippen LogP contribution in [-0.2, 0) is 0 Å². The van der Waals surface area contributed by atoms with Gasteiger partial charge in [-0.2, -0.15) is 0 Å². The number of hydrogen-bond acceptors (Lipinski definition) is 2. The van der Waals surface area contributed by atoms with Crippen LogP contribution in [0.5, 0.6) is 5.75 Å². The van der Waals surface area contributed by atoms with E-state index in [-0.39, 0.29) is 12.1 Å². The topological polar surface area (TPSA) is 35.2 Å². The van der Waals surface area contributed by atoms with Crippen molar-refractivity contribution >= 4 is 23.2 Å². The maximum atomic E-state index is 6.16. The number of halogens is 2. The molecule has 0 amide bonds. The SMILES string of the molecule is Cc1ccccc1C(Oc1ccc(Cl)cc1Cl)C(C)N. The first-order chi connectivity index (χ1) is 9.49. The van der Waals surface area contributed by atoms with Crippen LogP contribution < -0.4 is 10.5 Å². The molecule has 2 atom stereocenters. The van der Waals surface area contributed by atoms with E-state index < -0.39 is 0 Å². The third-order valence-electron chi connectivity index (χ3n) is 3.12. The van der Waals surface area contributed by atoms with Crippen LogP contribution >= 0.6 is 23.2 Å². The lowest BCUT2D eigenvalue weighted by molar-refractivity contribution is 0.180. The molecule has 2 N–H and O–H groups in total. The molecule has 0 bridgehead atoms. The molecule has 4 heteroatoms. The minimum Gasteiger partial charge on any atom is -0.483 e. The zero-order valence-electron chi connectivity index (χ0n) is 11.4. The average molecular weight is 310 g/mol. The fraction of sp³-hybridized carbons (Fsp3) is 0.250. The van der Waals surface area contributed by atoms with E-state index in [9.17, 15) is 0 Å². The molecule has 0 saturated carbocycles. The van der Waals surface area contributed by atoms with Gasteiger partial charge >= 0.3 is 0 Å². The van der Waals surface area contributed by atoms with E-state index in [1.54, 1.807) is 18.2 Å². The second-order valence-corrected chi connectivity index (χ2v) is 5.67. The summed E-state index contributed by atoms with van der Waals surface area (Å²) in [5.74, 6) is 0.585. The van der Waals surface area contributed by atoms with E-state index in [0.717, 1.165) is 11.1 Å². The van der Waals surface area contributed by atoms with Gasteiger partial charge in [-0.25, -0.2) is 0 Å². The summed E-state index contributed by atoms with van der Waals surface area (Å²) in [5.41, 5.74) is 8.27. The maximum absolute atomic E-state index is 6.16. The molecular weight excluding hydrogens is 293 g/mol. The standard InChI is InChI=1S/C16H17Cl2NO/c1-10-5-3-4-6-13(10)16(11(2)19)20-15-8-7-12(17)9-14(15)18/h3-9,11,16H,19H2,1-2H3. The van der Waals surface area contributed by atoms with Crippen molar-refractivity contribution in [2.24, 2.45) is 5.73 Å². The first-order valence-electron chi connectivity index (χ1n) is 6.42. The van der Waals surface area contributed by atoms with Crippen molar-refractivity contribution < 1.29 is 4.74 Å². The van der Waals surface area contributed by atoms with Crippen LogP contribution in [0.4, 0.5) is 0 Å². The highest BCUT2D eigenvalue weighted by Gasteiger charge is 2.21. The van der Waals surface area contributed by atoms with Gasteiger partial charge in [0, 0.05) is 11.1 Å². The summed E-state index contributed by atoms with van der Waals surface area (Å²) in [6, 6.07) is 13.0. The lowest BCUT2D eigenvalue weighted by Crippen LogP contribution is -2.29. The molecule has 2 nitrogen and oxygen atoms in total. The quantitative estimate of drug-likeness (QED) is 0.883. The van der Waals surface area contributed by atoms with Gasteiger partial charge in [-0.1, -0.05) is 47.5 Å². The molecule has 2 aromatic carbocycles. The summed E-state index contributed by atoms with van der Waals surface area (Å²) in [6.45, 7) is 3.96. The van der Waals surface area contributed by atoms with Gasteiger partial charge in [0.05, 0.1) is 5.02 Å². The van der Waals surface area contributed by atoms with E-state index in [0.29, 0.717) is 15.8 Å². The number of rotatable bonds is 4. The van der Waals surface area contributed by atoms with Crippen molar-refractivity contribution in [3.05, 3.63) is 63.6 Å². The van der Waals surface area contributed by atoms with Crippen LogP contribution in [0.1, 0.15) is 24.2 Å². The van der Waals surface area contributed by atoms with Crippen molar-refractivity contribution in [1.82, 2.24) is 0 Å². The van der Waals surface area contributed by atoms with E-state index >= 15 is 0 Å². The van der Waals surface area contributed by atoms with Crippen LogP contribution in [0.3, 0.4) is 0 Å². The molecule has 20 heavy (non-hydrogen) atoms. The molecule has 0 aliphatic carbocycles. The summed E-state index contributed by atoms with van der Waals surface area (Å²) in [7, 11) is 0. The Kier molecular flexibility index (Phi) is 4.92. The molecule has 0 heterocycles. The predicted molar refractivity (Wildman–Crippen MR) is 84.7 cm³/mol. The Bertz CT molecular complexity index is 599. The Hall–Kier alpha value is -1.22. The van der Waals surface area contributed by atoms with Crippen LogP contribution in [0, 0.1) is 6.92 Å². The van der Waals surface area contributed by atoms with Crippen molar-refractivity contribution in [3.8, 4) is 5.75 Å². The summed E-state index contributed by atoms with van der Waals surface area (Å²) in [6.07, 6.45) is -0.255. The van der Waals surface area contributed by atoms with Gasteiger partial charge in [-0.05, 0) is 43.2 Å². The molecule has 0 saturated heterocycles. The fourth-order valence-electron chi connectivity index (χ4n) is 2.07. The van der Waals surface area contributed by atoms with Gasteiger partial charge in [0.2, 0.25) is 0 Å².